The second kappa shape index (κ2) is 4.81. The molecule has 0 aromatic rings. The van der Waals surface area contributed by atoms with E-state index >= 15 is 0 Å². The molecule has 1 fully saturated rings. The van der Waals surface area contributed by atoms with Crippen LogP contribution in [-0.4, -0.2) is 52.6 Å². The van der Waals surface area contributed by atoms with Gasteiger partial charge in [-0.05, 0) is 26.7 Å². The third-order valence-corrected chi connectivity index (χ3v) is 2.58. The fraction of sp³-hybridized carbons (Fsp3) is 0.900. The molecule has 1 rings (SSSR count). The minimum Gasteiger partial charge on any atom is -0.447 e. The van der Waals surface area contributed by atoms with Crippen LogP contribution in [0.4, 0.5) is 4.79 Å². The van der Waals surface area contributed by atoms with Crippen LogP contribution in [0.25, 0.3) is 0 Å². The van der Waals surface area contributed by atoms with E-state index in [1.165, 1.54) is 0 Å². The van der Waals surface area contributed by atoms with E-state index in [4.69, 9.17) is 9.84 Å². The Labute approximate surface area is 89.6 Å². The molecule has 15 heavy (non-hydrogen) atoms. The van der Waals surface area contributed by atoms with Crippen molar-refractivity contribution in [3.05, 3.63) is 0 Å². The van der Waals surface area contributed by atoms with Gasteiger partial charge in [-0.2, -0.15) is 0 Å². The number of likely N-dealkylation sites (tertiary alicyclic amines) is 1. The van der Waals surface area contributed by atoms with Gasteiger partial charge in [-0.3, -0.25) is 0 Å². The molecule has 0 bridgehead atoms. The number of rotatable bonds is 2. The Morgan fingerprint density at radius 3 is 2.40 bits per heavy atom. The van der Waals surface area contributed by atoms with E-state index in [-0.39, 0.29) is 18.8 Å². The van der Waals surface area contributed by atoms with Crippen molar-refractivity contribution in [3.63, 3.8) is 0 Å². The first-order valence-corrected chi connectivity index (χ1v) is 5.26. The maximum absolute atomic E-state index is 11.5. The van der Waals surface area contributed by atoms with Gasteiger partial charge in [0.15, 0.2) is 0 Å². The van der Waals surface area contributed by atoms with Gasteiger partial charge in [0.1, 0.15) is 0 Å². The SMILES string of the molecule is CC(C)OC(=O)N1CCC(O)(CO)CC1. The van der Waals surface area contributed by atoms with Gasteiger partial charge in [-0.25, -0.2) is 4.79 Å². The summed E-state index contributed by atoms with van der Waals surface area (Å²) in [5.41, 5.74) is -1.02. The Balaban J connectivity index is 2.40. The van der Waals surface area contributed by atoms with E-state index in [1.54, 1.807) is 18.7 Å². The van der Waals surface area contributed by atoms with Crippen molar-refractivity contribution in [2.45, 2.75) is 38.4 Å². The molecule has 2 N–H and O–H groups in total. The number of piperidine rings is 1. The Morgan fingerprint density at radius 2 is 2.00 bits per heavy atom. The largest absolute Gasteiger partial charge is 0.447 e. The molecule has 0 atom stereocenters. The number of ether oxygens (including phenoxy) is 1. The predicted molar refractivity (Wildman–Crippen MR) is 54.5 cm³/mol. The van der Waals surface area contributed by atoms with Crippen molar-refractivity contribution in [2.24, 2.45) is 0 Å². The van der Waals surface area contributed by atoms with E-state index in [0.717, 1.165) is 0 Å². The van der Waals surface area contributed by atoms with E-state index in [0.29, 0.717) is 25.9 Å². The number of hydrogen-bond acceptors (Lipinski definition) is 4. The zero-order chi connectivity index (χ0) is 11.5. The molecule has 5 heteroatoms. The zero-order valence-electron chi connectivity index (χ0n) is 9.27. The van der Waals surface area contributed by atoms with E-state index in [2.05, 4.69) is 0 Å². The van der Waals surface area contributed by atoms with Gasteiger partial charge in [0.2, 0.25) is 0 Å². The van der Waals surface area contributed by atoms with Crippen LogP contribution >= 0.6 is 0 Å². The standard InChI is InChI=1S/C10H19NO4/c1-8(2)15-9(13)11-5-3-10(14,7-12)4-6-11/h8,12,14H,3-7H2,1-2H3. The smallest absolute Gasteiger partial charge is 0.410 e. The predicted octanol–water partition coefficient (Wildman–Crippen LogP) is 0.351. The zero-order valence-corrected chi connectivity index (χ0v) is 9.27. The molecule has 88 valence electrons. The van der Waals surface area contributed by atoms with Crippen molar-refractivity contribution in [3.8, 4) is 0 Å². The Kier molecular flexibility index (Phi) is 3.93. The molecule has 5 nitrogen and oxygen atoms in total. The molecule has 0 radical (unpaired) electrons. The highest BCUT2D eigenvalue weighted by atomic mass is 16.6. The number of hydrogen-bond donors (Lipinski definition) is 2. The fourth-order valence-electron chi connectivity index (χ4n) is 1.54. The monoisotopic (exact) mass is 217 g/mol. The lowest BCUT2D eigenvalue weighted by molar-refractivity contribution is -0.0584. The molecule has 1 amide bonds. The molecule has 1 saturated heterocycles. The second-order valence-corrected chi connectivity index (χ2v) is 4.30. The number of nitrogens with zero attached hydrogens (tertiary/aromatic N) is 1. The highest BCUT2D eigenvalue weighted by molar-refractivity contribution is 5.67. The quantitative estimate of drug-likeness (QED) is 0.700. The van der Waals surface area contributed by atoms with Crippen molar-refractivity contribution < 1.29 is 19.7 Å². The van der Waals surface area contributed by atoms with Gasteiger partial charge in [-0.1, -0.05) is 0 Å². The molecule has 1 heterocycles. The normalized spacial score (nSPS) is 20.5. The van der Waals surface area contributed by atoms with Gasteiger partial charge in [0.25, 0.3) is 0 Å². The van der Waals surface area contributed by atoms with Gasteiger partial charge >= 0.3 is 6.09 Å². The molecule has 0 spiro atoms. The van der Waals surface area contributed by atoms with Crippen LogP contribution in [0.5, 0.6) is 0 Å². The topological polar surface area (TPSA) is 70.0 Å². The number of aliphatic hydroxyl groups excluding tert-OH is 1. The molecule has 1 aliphatic rings. The highest BCUT2D eigenvalue weighted by Crippen LogP contribution is 2.21. The fourth-order valence-corrected chi connectivity index (χ4v) is 1.54. The van der Waals surface area contributed by atoms with Crippen LogP contribution in [0.2, 0.25) is 0 Å². The summed E-state index contributed by atoms with van der Waals surface area (Å²) in [6.07, 6.45) is 0.328. The Morgan fingerprint density at radius 1 is 1.47 bits per heavy atom. The van der Waals surface area contributed by atoms with Crippen molar-refractivity contribution in [2.75, 3.05) is 19.7 Å². The molecular formula is C10H19NO4. The summed E-state index contributed by atoms with van der Waals surface area (Å²) in [5.74, 6) is 0. The first kappa shape index (κ1) is 12.3. The molecule has 0 aliphatic carbocycles. The van der Waals surface area contributed by atoms with Crippen LogP contribution in [0, 0.1) is 0 Å². The molecule has 1 aliphatic heterocycles. The summed E-state index contributed by atoms with van der Waals surface area (Å²) < 4.78 is 5.03. The maximum atomic E-state index is 11.5. The Bertz CT molecular complexity index is 221. The lowest BCUT2D eigenvalue weighted by Crippen LogP contribution is -2.48. The average molecular weight is 217 g/mol. The third-order valence-electron chi connectivity index (χ3n) is 2.58. The van der Waals surface area contributed by atoms with E-state index in [9.17, 15) is 9.90 Å². The second-order valence-electron chi connectivity index (χ2n) is 4.30. The molecule has 0 aromatic heterocycles. The van der Waals surface area contributed by atoms with Crippen molar-refractivity contribution in [1.82, 2.24) is 4.90 Å². The summed E-state index contributed by atoms with van der Waals surface area (Å²) in [4.78, 5) is 13.0. The first-order valence-electron chi connectivity index (χ1n) is 5.26. The van der Waals surface area contributed by atoms with Crippen LogP contribution < -0.4 is 0 Å². The van der Waals surface area contributed by atoms with Crippen LogP contribution in [0.1, 0.15) is 26.7 Å². The van der Waals surface area contributed by atoms with Crippen LogP contribution in [0.15, 0.2) is 0 Å². The maximum Gasteiger partial charge on any atom is 0.410 e. The summed E-state index contributed by atoms with van der Waals surface area (Å²) >= 11 is 0. The number of aliphatic hydroxyl groups is 2. The van der Waals surface area contributed by atoms with E-state index < -0.39 is 5.60 Å². The van der Waals surface area contributed by atoms with Gasteiger partial charge in [0.05, 0.1) is 18.3 Å². The molecule has 0 saturated carbocycles. The van der Waals surface area contributed by atoms with Crippen LogP contribution in [-0.2, 0) is 4.74 Å². The lowest BCUT2D eigenvalue weighted by Gasteiger charge is -2.36. The van der Waals surface area contributed by atoms with Gasteiger partial charge in [-0.15, -0.1) is 0 Å². The van der Waals surface area contributed by atoms with Crippen molar-refractivity contribution in [1.29, 1.82) is 0 Å². The van der Waals surface area contributed by atoms with Crippen LogP contribution in [0.3, 0.4) is 0 Å². The highest BCUT2D eigenvalue weighted by Gasteiger charge is 2.33. The number of amides is 1. The summed E-state index contributed by atoms with van der Waals surface area (Å²) in [6.45, 7) is 4.21. The van der Waals surface area contributed by atoms with Gasteiger partial charge in [0, 0.05) is 13.1 Å². The average Bonchev–Trinajstić information content (AvgIpc) is 2.18. The summed E-state index contributed by atoms with van der Waals surface area (Å²) in [6, 6.07) is 0. The summed E-state index contributed by atoms with van der Waals surface area (Å²) in [5, 5.41) is 18.7. The minimum atomic E-state index is -1.02. The molecule has 0 unspecified atom stereocenters. The van der Waals surface area contributed by atoms with E-state index in [1.807, 2.05) is 0 Å². The molecular weight excluding hydrogens is 198 g/mol. The number of carbonyl (C=O) groups is 1. The Hall–Kier alpha value is -0.810. The van der Waals surface area contributed by atoms with Gasteiger partial charge < -0.3 is 19.8 Å². The number of carbonyl (C=O) groups excluding carboxylic acids is 1. The summed E-state index contributed by atoms with van der Waals surface area (Å²) in [7, 11) is 0. The third kappa shape index (κ3) is 3.35. The first-order chi connectivity index (χ1) is 6.97. The minimum absolute atomic E-state index is 0.129. The lowest BCUT2D eigenvalue weighted by atomic mass is 9.93. The molecule has 0 aromatic carbocycles. The van der Waals surface area contributed by atoms with Crippen molar-refractivity contribution >= 4 is 6.09 Å².